The van der Waals surface area contributed by atoms with Crippen LogP contribution in [0.5, 0.6) is 0 Å². The number of rotatable bonds is 6. The first-order valence-electron chi connectivity index (χ1n) is 6.40. The van der Waals surface area contributed by atoms with E-state index in [-0.39, 0.29) is 0 Å². The van der Waals surface area contributed by atoms with Crippen molar-refractivity contribution < 1.29 is 0 Å². The molecule has 1 aliphatic carbocycles. The molecule has 1 fully saturated rings. The zero-order chi connectivity index (χ0) is 11.4. The molecule has 0 saturated heterocycles. The lowest BCUT2D eigenvalue weighted by Gasteiger charge is -2.20. The van der Waals surface area contributed by atoms with Gasteiger partial charge in [-0.3, -0.25) is 4.90 Å². The monoisotopic (exact) mass is 218 g/mol. The summed E-state index contributed by atoms with van der Waals surface area (Å²) in [4.78, 5) is 2.45. The Labute approximate surface area is 98.7 Å². The molecule has 1 N–H and O–H groups in total. The van der Waals surface area contributed by atoms with E-state index < -0.39 is 0 Å². The quantitative estimate of drug-likeness (QED) is 0.789. The largest absolute Gasteiger partial charge is 0.382 e. The van der Waals surface area contributed by atoms with Gasteiger partial charge in [-0.25, -0.2) is 0 Å². The van der Waals surface area contributed by atoms with E-state index in [1.54, 1.807) is 0 Å². The molecular formula is C14H22N2. The number of hydrogen-bond acceptors (Lipinski definition) is 2. The third-order valence-electron chi connectivity index (χ3n) is 3.24. The average molecular weight is 218 g/mol. The molecule has 0 heterocycles. The molecule has 0 unspecified atom stereocenters. The summed E-state index contributed by atoms with van der Waals surface area (Å²) in [5, 5.41) is 3.61. The van der Waals surface area contributed by atoms with E-state index in [0.29, 0.717) is 0 Å². The molecule has 2 rings (SSSR count). The van der Waals surface area contributed by atoms with Crippen LogP contribution in [0, 0.1) is 0 Å². The fourth-order valence-electron chi connectivity index (χ4n) is 1.93. The molecule has 16 heavy (non-hydrogen) atoms. The molecule has 0 amide bonds. The minimum absolute atomic E-state index is 0.734. The highest BCUT2D eigenvalue weighted by atomic mass is 15.1. The maximum Gasteiger partial charge on any atom is 0.0388 e. The summed E-state index contributed by atoms with van der Waals surface area (Å²) in [6, 6.07) is 9.44. The van der Waals surface area contributed by atoms with Gasteiger partial charge in [0.1, 0.15) is 0 Å². The Hall–Kier alpha value is -1.02. The molecule has 0 bridgehead atoms. The van der Waals surface area contributed by atoms with Crippen LogP contribution in [0.3, 0.4) is 0 Å². The molecule has 1 aromatic rings. The Morgan fingerprint density at radius 3 is 2.50 bits per heavy atom. The normalized spacial score (nSPS) is 15.4. The lowest BCUT2D eigenvalue weighted by atomic mass is 10.1. The van der Waals surface area contributed by atoms with Crippen molar-refractivity contribution in [2.75, 3.05) is 18.4 Å². The summed E-state index contributed by atoms with van der Waals surface area (Å²) >= 11 is 0. The van der Waals surface area contributed by atoms with Crippen LogP contribution in [0.25, 0.3) is 0 Å². The van der Waals surface area contributed by atoms with Gasteiger partial charge < -0.3 is 5.32 Å². The minimum Gasteiger partial charge on any atom is -0.382 e. The van der Waals surface area contributed by atoms with Crippen molar-refractivity contribution in [1.29, 1.82) is 0 Å². The third-order valence-corrected chi connectivity index (χ3v) is 3.24. The molecule has 0 aliphatic heterocycles. The predicted octanol–water partition coefficient (Wildman–Crippen LogP) is 3.10. The zero-order valence-electron chi connectivity index (χ0n) is 10.4. The van der Waals surface area contributed by atoms with Gasteiger partial charge in [-0.15, -0.1) is 0 Å². The number of benzene rings is 1. The number of para-hydroxylation sites is 1. The minimum atomic E-state index is 0.734. The van der Waals surface area contributed by atoms with Gasteiger partial charge in [0, 0.05) is 18.3 Å². The van der Waals surface area contributed by atoms with Crippen LogP contribution >= 0.6 is 0 Å². The Balaban J connectivity index is 2.05. The Bertz CT molecular complexity index is 327. The van der Waals surface area contributed by atoms with Crippen molar-refractivity contribution in [2.45, 2.75) is 39.3 Å². The van der Waals surface area contributed by atoms with Crippen molar-refractivity contribution >= 4 is 5.69 Å². The highest BCUT2D eigenvalue weighted by Gasteiger charge is 2.21. The predicted molar refractivity (Wildman–Crippen MR) is 69.7 cm³/mol. The maximum absolute atomic E-state index is 3.61. The van der Waals surface area contributed by atoms with Crippen molar-refractivity contribution in [3.8, 4) is 0 Å². The lowest BCUT2D eigenvalue weighted by molar-refractivity contribution is 0.296. The van der Waals surface area contributed by atoms with Crippen LogP contribution < -0.4 is 5.32 Å². The number of anilines is 1. The van der Waals surface area contributed by atoms with Crippen LogP contribution in [0.4, 0.5) is 5.69 Å². The van der Waals surface area contributed by atoms with E-state index in [2.05, 4.69) is 48.3 Å². The van der Waals surface area contributed by atoms with Gasteiger partial charge in [-0.05, 0) is 37.6 Å². The molecule has 2 nitrogen and oxygen atoms in total. The summed E-state index contributed by atoms with van der Waals surface area (Å²) in [5.41, 5.74) is 2.76. The van der Waals surface area contributed by atoms with Crippen molar-refractivity contribution in [3.63, 3.8) is 0 Å². The molecular weight excluding hydrogens is 196 g/mol. The van der Waals surface area contributed by atoms with Crippen LogP contribution in [0.1, 0.15) is 32.3 Å². The van der Waals surface area contributed by atoms with Gasteiger partial charge in [0.15, 0.2) is 0 Å². The van der Waals surface area contributed by atoms with E-state index in [1.807, 2.05) is 0 Å². The number of nitrogens with zero attached hydrogens (tertiary/aromatic N) is 1. The Kier molecular flexibility index (Phi) is 3.83. The first-order valence-corrected chi connectivity index (χ1v) is 6.40. The van der Waals surface area contributed by atoms with Gasteiger partial charge >= 0.3 is 0 Å². The summed E-state index contributed by atoms with van der Waals surface area (Å²) in [7, 11) is 0. The summed E-state index contributed by atoms with van der Waals surface area (Å²) in [6.45, 7) is 7.74. The van der Waals surface area contributed by atoms with Crippen molar-refractivity contribution in [2.24, 2.45) is 0 Å². The van der Waals surface area contributed by atoms with E-state index >= 15 is 0 Å². The van der Waals surface area contributed by atoms with E-state index in [4.69, 9.17) is 0 Å². The summed E-state index contributed by atoms with van der Waals surface area (Å²) < 4.78 is 0. The van der Waals surface area contributed by atoms with Crippen molar-refractivity contribution in [1.82, 2.24) is 4.90 Å². The summed E-state index contributed by atoms with van der Waals surface area (Å²) in [6.07, 6.45) is 2.67. The molecule has 0 spiro atoms. The average Bonchev–Trinajstić information content (AvgIpc) is 3.12. The molecule has 0 atom stereocenters. The maximum atomic E-state index is 3.61. The Morgan fingerprint density at radius 2 is 1.88 bits per heavy atom. The number of nitrogens with one attached hydrogen (secondary N) is 1. The smallest absolute Gasteiger partial charge is 0.0388 e. The molecule has 1 saturated carbocycles. The second-order valence-electron chi connectivity index (χ2n) is 4.54. The van der Waals surface area contributed by atoms with E-state index in [9.17, 15) is 0 Å². The van der Waals surface area contributed by atoms with E-state index in [0.717, 1.165) is 25.7 Å². The van der Waals surface area contributed by atoms with Crippen molar-refractivity contribution in [3.05, 3.63) is 29.8 Å². The topological polar surface area (TPSA) is 15.3 Å². The van der Waals surface area contributed by atoms with Crippen LogP contribution in [-0.4, -0.2) is 24.0 Å². The number of hydrogen-bond donors (Lipinski definition) is 1. The lowest BCUT2D eigenvalue weighted by Crippen LogP contribution is -2.22. The standard InChI is InChI=1S/C14H22N2/c1-3-16(4-2)11-12-7-5-6-8-14(12)15-13-9-10-13/h5-8,13,15H,3-4,9-11H2,1-2H3. The molecule has 1 aromatic carbocycles. The van der Waals surface area contributed by atoms with E-state index in [1.165, 1.54) is 24.1 Å². The molecule has 0 aromatic heterocycles. The molecule has 1 aliphatic rings. The first kappa shape index (κ1) is 11.5. The van der Waals surface area contributed by atoms with Gasteiger partial charge in [-0.2, -0.15) is 0 Å². The highest BCUT2D eigenvalue weighted by Crippen LogP contribution is 2.27. The van der Waals surface area contributed by atoms with Gasteiger partial charge in [-0.1, -0.05) is 32.0 Å². The van der Waals surface area contributed by atoms with Crippen LogP contribution in [0.2, 0.25) is 0 Å². The van der Waals surface area contributed by atoms with Crippen LogP contribution in [0.15, 0.2) is 24.3 Å². The van der Waals surface area contributed by atoms with Gasteiger partial charge in [0.05, 0.1) is 0 Å². The summed E-state index contributed by atoms with van der Waals surface area (Å²) in [5.74, 6) is 0. The Morgan fingerprint density at radius 1 is 1.19 bits per heavy atom. The van der Waals surface area contributed by atoms with Gasteiger partial charge in [0.25, 0.3) is 0 Å². The SMILES string of the molecule is CCN(CC)Cc1ccccc1NC1CC1. The zero-order valence-corrected chi connectivity index (χ0v) is 10.4. The van der Waals surface area contributed by atoms with Gasteiger partial charge in [0.2, 0.25) is 0 Å². The molecule has 0 radical (unpaired) electrons. The molecule has 88 valence electrons. The first-order chi connectivity index (χ1) is 7.83. The highest BCUT2D eigenvalue weighted by molar-refractivity contribution is 5.52. The third kappa shape index (κ3) is 2.99. The second kappa shape index (κ2) is 5.35. The second-order valence-corrected chi connectivity index (χ2v) is 4.54. The molecule has 2 heteroatoms. The fourth-order valence-corrected chi connectivity index (χ4v) is 1.93. The fraction of sp³-hybridized carbons (Fsp3) is 0.571. The van der Waals surface area contributed by atoms with Crippen LogP contribution in [-0.2, 0) is 6.54 Å².